The van der Waals surface area contributed by atoms with Crippen LogP contribution in [0.15, 0.2) is 48.5 Å². The standard InChI is InChI=1S/C24H21NO2/c1-13-9-8-12-18-19(13)24(27)20-15(3)14(2)16(4)22(21(20)23(18)26)25-17-10-6-5-7-11-17/h5-12,25H,1-4H3. The third-order valence-corrected chi connectivity index (χ3v) is 5.62. The van der Waals surface area contributed by atoms with E-state index in [1.165, 1.54) is 0 Å². The fraction of sp³-hybridized carbons (Fsp3) is 0.167. The van der Waals surface area contributed by atoms with Crippen LogP contribution in [0.5, 0.6) is 0 Å². The monoisotopic (exact) mass is 355 g/mol. The minimum Gasteiger partial charge on any atom is -0.355 e. The van der Waals surface area contributed by atoms with Crippen LogP contribution >= 0.6 is 0 Å². The molecule has 27 heavy (non-hydrogen) atoms. The van der Waals surface area contributed by atoms with E-state index >= 15 is 0 Å². The first-order valence-electron chi connectivity index (χ1n) is 9.06. The van der Waals surface area contributed by atoms with Crippen LogP contribution in [-0.2, 0) is 0 Å². The summed E-state index contributed by atoms with van der Waals surface area (Å²) in [4.78, 5) is 26.8. The van der Waals surface area contributed by atoms with Gasteiger partial charge in [0, 0.05) is 22.4 Å². The Morgan fingerprint density at radius 3 is 2.04 bits per heavy atom. The predicted molar refractivity (Wildman–Crippen MR) is 108 cm³/mol. The van der Waals surface area contributed by atoms with Crippen molar-refractivity contribution in [1.82, 2.24) is 0 Å². The summed E-state index contributed by atoms with van der Waals surface area (Å²) in [6.45, 7) is 7.82. The van der Waals surface area contributed by atoms with E-state index in [0.29, 0.717) is 22.3 Å². The predicted octanol–water partition coefficient (Wildman–Crippen LogP) is 5.44. The van der Waals surface area contributed by atoms with Gasteiger partial charge in [0.25, 0.3) is 0 Å². The Hall–Kier alpha value is -3.20. The second kappa shape index (κ2) is 6.20. The van der Waals surface area contributed by atoms with Crippen LogP contribution in [0.4, 0.5) is 11.4 Å². The number of benzene rings is 3. The molecule has 0 amide bonds. The van der Waals surface area contributed by atoms with E-state index in [1.54, 1.807) is 6.07 Å². The molecule has 0 heterocycles. The highest BCUT2D eigenvalue weighted by Crippen LogP contribution is 2.40. The van der Waals surface area contributed by atoms with Crippen molar-refractivity contribution in [3.05, 3.63) is 93.0 Å². The molecule has 1 aliphatic carbocycles. The molecule has 3 aromatic carbocycles. The van der Waals surface area contributed by atoms with Crippen molar-refractivity contribution in [2.75, 3.05) is 5.32 Å². The summed E-state index contributed by atoms with van der Waals surface area (Å²) in [5.41, 5.74) is 7.41. The van der Waals surface area contributed by atoms with Gasteiger partial charge in [-0.15, -0.1) is 0 Å². The summed E-state index contributed by atoms with van der Waals surface area (Å²) in [7, 11) is 0. The number of nitrogens with one attached hydrogen (secondary N) is 1. The van der Waals surface area contributed by atoms with E-state index in [0.717, 1.165) is 33.6 Å². The number of aryl methyl sites for hydroxylation is 1. The average molecular weight is 355 g/mol. The van der Waals surface area contributed by atoms with E-state index in [4.69, 9.17) is 0 Å². The maximum atomic E-state index is 13.4. The highest BCUT2D eigenvalue weighted by Gasteiger charge is 2.35. The molecule has 0 aromatic heterocycles. The minimum absolute atomic E-state index is 0.0607. The van der Waals surface area contributed by atoms with Crippen LogP contribution in [-0.4, -0.2) is 11.6 Å². The normalized spacial score (nSPS) is 12.6. The second-order valence-corrected chi connectivity index (χ2v) is 7.15. The first-order chi connectivity index (χ1) is 12.9. The molecular formula is C24H21NO2. The molecule has 0 saturated carbocycles. The maximum Gasteiger partial charge on any atom is 0.196 e. The van der Waals surface area contributed by atoms with Gasteiger partial charge >= 0.3 is 0 Å². The van der Waals surface area contributed by atoms with Gasteiger partial charge in [-0.1, -0.05) is 36.4 Å². The third kappa shape index (κ3) is 2.50. The number of hydrogen-bond acceptors (Lipinski definition) is 3. The molecule has 1 aliphatic rings. The summed E-state index contributed by atoms with van der Waals surface area (Å²) >= 11 is 0. The Morgan fingerprint density at radius 1 is 0.630 bits per heavy atom. The second-order valence-electron chi connectivity index (χ2n) is 7.15. The van der Waals surface area contributed by atoms with Gasteiger partial charge < -0.3 is 5.32 Å². The number of carbonyl (C=O) groups is 2. The molecular weight excluding hydrogens is 334 g/mol. The van der Waals surface area contributed by atoms with Crippen molar-refractivity contribution in [2.45, 2.75) is 27.7 Å². The van der Waals surface area contributed by atoms with E-state index < -0.39 is 0 Å². The van der Waals surface area contributed by atoms with Gasteiger partial charge in [-0.3, -0.25) is 9.59 Å². The summed E-state index contributed by atoms with van der Waals surface area (Å²) in [6.07, 6.45) is 0. The lowest BCUT2D eigenvalue weighted by Gasteiger charge is -2.27. The van der Waals surface area contributed by atoms with E-state index in [-0.39, 0.29) is 11.6 Å². The van der Waals surface area contributed by atoms with Gasteiger partial charge in [0.1, 0.15) is 0 Å². The number of ketones is 2. The number of fused-ring (bicyclic) bond motifs is 2. The maximum absolute atomic E-state index is 13.4. The first kappa shape index (κ1) is 17.2. The van der Waals surface area contributed by atoms with Crippen molar-refractivity contribution in [2.24, 2.45) is 0 Å². The van der Waals surface area contributed by atoms with Gasteiger partial charge in [-0.05, 0) is 62.1 Å². The lowest BCUT2D eigenvalue weighted by molar-refractivity contribution is 0.0978. The highest BCUT2D eigenvalue weighted by atomic mass is 16.1. The summed E-state index contributed by atoms with van der Waals surface area (Å²) in [5.74, 6) is -0.151. The summed E-state index contributed by atoms with van der Waals surface area (Å²) in [5, 5.41) is 3.39. The lowest BCUT2D eigenvalue weighted by Crippen LogP contribution is -2.25. The van der Waals surface area contributed by atoms with Gasteiger partial charge in [0.2, 0.25) is 0 Å². The smallest absolute Gasteiger partial charge is 0.196 e. The van der Waals surface area contributed by atoms with Crippen molar-refractivity contribution in [1.29, 1.82) is 0 Å². The highest BCUT2D eigenvalue weighted by molar-refractivity contribution is 6.31. The van der Waals surface area contributed by atoms with E-state index in [9.17, 15) is 9.59 Å². The zero-order valence-electron chi connectivity index (χ0n) is 15.9. The fourth-order valence-electron chi connectivity index (χ4n) is 3.91. The molecule has 0 unspecified atom stereocenters. The molecule has 134 valence electrons. The fourth-order valence-corrected chi connectivity index (χ4v) is 3.91. The minimum atomic E-state index is -0.0899. The van der Waals surface area contributed by atoms with Crippen molar-refractivity contribution in [3.63, 3.8) is 0 Å². The van der Waals surface area contributed by atoms with Crippen LogP contribution < -0.4 is 5.32 Å². The van der Waals surface area contributed by atoms with Gasteiger partial charge in [0.05, 0.1) is 11.3 Å². The number of hydrogen-bond donors (Lipinski definition) is 1. The molecule has 4 rings (SSSR count). The number of rotatable bonds is 2. The number of carbonyl (C=O) groups excluding carboxylic acids is 2. The lowest BCUT2D eigenvalue weighted by atomic mass is 9.77. The van der Waals surface area contributed by atoms with Crippen LogP contribution in [0.1, 0.15) is 54.1 Å². The zero-order chi connectivity index (χ0) is 19.3. The Bertz CT molecular complexity index is 1110. The molecule has 3 heteroatoms. The molecule has 0 saturated heterocycles. The van der Waals surface area contributed by atoms with Crippen molar-refractivity contribution >= 4 is 22.9 Å². The van der Waals surface area contributed by atoms with Gasteiger partial charge in [-0.25, -0.2) is 0 Å². The largest absolute Gasteiger partial charge is 0.355 e. The zero-order valence-corrected chi connectivity index (χ0v) is 15.9. The van der Waals surface area contributed by atoms with Crippen LogP contribution in [0.25, 0.3) is 0 Å². The van der Waals surface area contributed by atoms with E-state index in [1.807, 2.05) is 70.2 Å². The summed E-state index contributed by atoms with van der Waals surface area (Å²) in [6, 6.07) is 15.2. The molecule has 0 spiro atoms. The van der Waals surface area contributed by atoms with Crippen molar-refractivity contribution < 1.29 is 9.59 Å². The molecule has 0 fully saturated rings. The SMILES string of the molecule is Cc1cccc2c1C(=O)c1c(C)c(C)c(C)c(Nc3ccccc3)c1C2=O. The molecule has 3 nitrogen and oxygen atoms in total. The third-order valence-electron chi connectivity index (χ3n) is 5.62. The molecule has 0 bridgehead atoms. The Labute approximate surface area is 159 Å². The Kier molecular flexibility index (Phi) is 3.96. The van der Waals surface area contributed by atoms with E-state index in [2.05, 4.69) is 5.32 Å². The quantitative estimate of drug-likeness (QED) is 0.521. The van der Waals surface area contributed by atoms with Crippen molar-refractivity contribution in [3.8, 4) is 0 Å². The Morgan fingerprint density at radius 2 is 1.33 bits per heavy atom. The summed E-state index contributed by atoms with van der Waals surface area (Å²) < 4.78 is 0. The van der Waals surface area contributed by atoms with Gasteiger partial charge in [0.15, 0.2) is 11.6 Å². The number of anilines is 2. The topological polar surface area (TPSA) is 46.2 Å². The molecule has 0 atom stereocenters. The molecule has 3 aromatic rings. The average Bonchev–Trinajstić information content (AvgIpc) is 2.67. The molecule has 0 aliphatic heterocycles. The van der Waals surface area contributed by atoms with Crippen LogP contribution in [0, 0.1) is 27.7 Å². The Balaban J connectivity index is 2.03. The van der Waals surface area contributed by atoms with Crippen LogP contribution in [0.2, 0.25) is 0 Å². The number of para-hydroxylation sites is 1. The van der Waals surface area contributed by atoms with Crippen LogP contribution in [0.3, 0.4) is 0 Å². The molecule has 1 N–H and O–H groups in total. The molecule has 0 radical (unpaired) electrons. The first-order valence-corrected chi connectivity index (χ1v) is 9.06. The van der Waals surface area contributed by atoms with Gasteiger partial charge in [-0.2, -0.15) is 0 Å².